The molecule has 3 N–H and O–H groups in total. The van der Waals surface area contributed by atoms with E-state index in [9.17, 15) is 4.79 Å². The number of carbonyl (C=O) groups is 1. The van der Waals surface area contributed by atoms with E-state index in [0.717, 1.165) is 26.2 Å². The molecule has 1 aromatic rings. The molecule has 0 spiro atoms. The van der Waals surface area contributed by atoms with Crippen LogP contribution in [0.25, 0.3) is 0 Å². The highest BCUT2D eigenvalue weighted by molar-refractivity contribution is 5.94. The summed E-state index contributed by atoms with van der Waals surface area (Å²) >= 11 is 0. The van der Waals surface area contributed by atoms with Crippen molar-refractivity contribution in [3.05, 3.63) is 18.0 Å². The van der Waals surface area contributed by atoms with Gasteiger partial charge in [0.2, 0.25) is 0 Å². The molecule has 0 bridgehead atoms. The van der Waals surface area contributed by atoms with Gasteiger partial charge in [-0.3, -0.25) is 4.79 Å². The Labute approximate surface area is 102 Å². The molecule has 1 fully saturated rings. The molecule has 2 heterocycles. The summed E-state index contributed by atoms with van der Waals surface area (Å²) in [4.78, 5) is 14.2. The number of nitrogens with two attached hydrogens (primary N) is 1. The van der Waals surface area contributed by atoms with Crippen molar-refractivity contribution in [3.8, 4) is 0 Å². The molecule has 1 aromatic heterocycles. The summed E-state index contributed by atoms with van der Waals surface area (Å²) in [6, 6.07) is 2.01. The summed E-state index contributed by atoms with van der Waals surface area (Å²) in [5, 5.41) is 3.24. The van der Waals surface area contributed by atoms with Gasteiger partial charge >= 0.3 is 0 Å². The van der Waals surface area contributed by atoms with Gasteiger partial charge in [0, 0.05) is 38.4 Å². The largest absolute Gasteiger partial charge is 0.397 e. The first-order valence-corrected chi connectivity index (χ1v) is 6.07. The molecule has 0 aliphatic carbocycles. The zero-order valence-electron chi connectivity index (χ0n) is 10.4. The Kier molecular flexibility index (Phi) is 3.38. The third-order valence-electron chi connectivity index (χ3n) is 3.05. The second kappa shape index (κ2) is 4.79. The number of anilines is 1. The van der Waals surface area contributed by atoms with E-state index in [1.165, 1.54) is 0 Å². The van der Waals surface area contributed by atoms with Crippen molar-refractivity contribution in [2.45, 2.75) is 19.9 Å². The third kappa shape index (κ3) is 2.44. The van der Waals surface area contributed by atoms with Crippen LogP contribution in [0, 0.1) is 0 Å². The number of aromatic nitrogens is 1. The van der Waals surface area contributed by atoms with Gasteiger partial charge in [0.15, 0.2) is 0 Å². The van der Waals surface area contributed by atoms with Crippen LogP contribution in [0.4, 0.5) is 5.69 Å². The predicted molar refractivity (Wildman–Crippen MR) is 68.0 cm³/mol. The standard InChI is InChI=1S/C12H20N4O/c1-9(2)16-8-10(13)7-11(16)12(17)15-5-3-14-4-6-15/h7-9,14H,3-6,13H2,1-2H3. The minimum Gasteiger partial charge on any atom is -0.397 e. The highest BCUT2D eigenvalue weighted by Crippen LogP contribution is 2.18. The Hall–Kier alpha value is -1.49. The van der Waals surface area contributed by atoms with Crippen LogP contribution in [0.5, 0.6) is 0 Å². The minimum absolute atomic E-state index is 0.0805. The molecule has 1 amide bonds. The summed E-state index contributed by atoms with van der Waals surface area (Å²) in [5.74, 6) is 0.0805. The maximum atomic E-state index is 12.4. The zero-order chi connectivity index (χ0) is 12.4. The zero-order valence-corrected chi connectivity index (χ0v) is 10.4. The maximum absolute atomic E-state index is 12.4. The lowest BCUT2D eigenvalue weighted by Crippen LogP contribution is -2.46. The van der Waals surface area contributed by atoms with Gasteiger partial charge in [0.1, 0.15) is 5.69 Å². The van der Waals surface area contributed by atoms with Crippen molar-refractivity contribution < 1.29 is 4.79 Å². The second-order valence-electron chi connectivity index (χ2n) is 4.70. The summed E-state index contributed by atoms with van der Waals surface area (Å²) in [5.41, 5.74) is 7.12. The molecule has 0 unspecified atom stereocenters. The first-order chi connectivity index (χ1) is 8.09. The predicted octanol–water partition coefficient (Wildman–Crippen LogP) is 0.697. The lowest BCUT2D eigenvalue weighted by molar-refractivity contribution is 0.0723. The minimum atomic E-state index is 0.0805. The van der Waals surface area contributed by atoms with Crippen molar-refractivity contribution in [2.75, 3.05) is 31.9 Å². The van der Waals surface area contributed by atoms with E-state index in [1.807, 2.05) is 29.5 Å². The van der Waals surface area contributed by atoms with Crippen molar-refractivity contribution in [1.82, 2.24) is 14.8 Å². The van der Waals surface area contributed by atoms with E-state index in [1.54, 1.807) is 6.07 Å². The summed E-state index contributed by atoms with van der Waals surface area (Å²) in [6.45, 7) is 7.36. The molecule has 0 atom stereocenters. The molecule has 0 radical (unpaired) electrons. The van der Waals surface area contributed by atoms with Crippen LogP contribution in [0.15, 0.2) is 12.3 Å². The summed E-state index contributed by atoms with van der Waals surface area (Å²) < 4.78 is 1.94. The number of piperazine rings is 1. The number of carbonyl (C=O) groups excluding carboxylic acids is 1. The van der Waals surface area contributed by atoms with E-state index in [0.29, 0.717) is 11.4 Å². The molecular weight excluding hydrogens is 216 g/mol. The van der Waals surface area contributed by atoms with E-state index >= 15 is 0 Å². The quantitative estimate of drug-likeness (QED) is 0.794. The fraction of sp³-hybridized carbons (Fsp3) is 0.583. The lowest BCUT2D eigenvalue weighted by atomic mass is 10.3. The summed E-state index contributed by atoms with van der Waals surface area (Å²) in [6.07, 6.45) is 1.83. The summed E-state index contributed by atoms with van der Waals surface area (Å²) in [7, 11) is 0. The average molecular weight is 236 g/mol. The Morgan fingerprint density at radius 2 is 2.06 bits per heavy atom. The van der Waals surface area contributed by atoms with E-state index in [2.05, 4.69) is 5.32 Å². The van der Waals surface area contributed by atoms with E-state index < -0.39 is 0 Å². The number of rotatable bonds is 2. The third-order valence-corrected chi connectivity index (χ3v) is 3.05. The second-order valence-corrected chi connectivity index (χ2v) is 4.70. The molecule has 5 heteroatoms. The monoisotopic (exact) mass is 236 g/mol. The topological polar surface area (TPSA) is 63.3 Å². The van der Waals surface area contributed by atoms with Gasteiger partial charge in [0.25, 0.3) is 5.91 Å². The SMILES string of the molecule is CC(C)n1cc(N)cc1C(=O)N1CCNCC1. The molecule has 17 heavy (non-hydrogen) atoms. The molecule has 1 saturated heterocycles. The fourth-order valence-corrected chi connectivity index (χ4v) is 2.13. The van der Waals surface area contributed by atoms with Crippen LogP contribution < -0.4 is 11.1 Å². The van der Waals surface area contributed by atoms with Gasteiger partial charge in [-0.15, -0.1) is 0 Å². The number of nitrogens with zero attached hydrogens (tertiary/aromatic N) is 2. The molecule has 1 aliphatic rings. The fourth-order valence-electron chi connectivity index (χ4n) is 2.13. The van der Waals surface area contributed by atoms with Crippen LogP contribution >= 0.6 is 0 Å². The van der Waals surface area contributed by atoms with Gasteiger partial charge in [-0.05, 0) is 19.9 Å². The van der Waals surface area contributed by atoms with Crippen molar-refractivity contribution >= 4 is 11.6 Å². The van der Waals surface area contributed by atoms with Crippen molar-refractivity contribution in [2.24, 2.45) is 0 Å². The normalized spacial score (nSPS) is 16.5. The highest BCUT2D eigenvalue weighted by atomic mass is 16.2. The van der Waals surface area contributed by atoms with Crippen molar-refractivity contribution in [3.63, 3.8) is 0 Å². The smallest absolute Gasteiger partial charge is 0.270 e. The molecule has 0 aromatic carbocycles. The Balaban J connectivity index is 2.23. The van der Waals surface area contributed by atoms with Crippen LogP contribution in [0.2, 0.25) is 0 Å². The van der Waals surface area contributed by atoms with Crippen LogP contribution in [0.3, 0.4) is 0 Å². The molecule has 0 saturated carbocycles. The molecule has 1 aliphatic heterocycles. The first kappa shape index (κ1) is 12.0. The number of hydrogen-bond donors (Lipinski definition) is 2. The molecule has 94 valence electrons. The van der Waals surface area contributed by atoms with Crippen molar-refractivity contribution in [1.29, 1.82) is 0 Å². The number of nitrogen functional groups attached to an aromatic ring is 1. The first-order valence-electron chi connectivity index (χ1n) is 6.07. The van der Waals surface area contributed by atoms with E-state index in [4.69, 9.17) is 5.73 Å². The molecule has 2 rings (SSSR count). The van der Waals surface area contributed by atoms with Gasteiger partial charge in [-0.25, -0.2) is 0 Å². The van der Waals surface area contributed by atoms with Crippen LogP contribution in [-0.2, 0) is 0 Å². The van der Waals surface area contributed by atoms with Gasteiger partial charge in [-0.2, -0.15) is 0 Å². The maximum Gasteiger partial charge on any atom is 0.270 e. The number of nitrogens with one attached hydrogen (secondary N) is 1. The highest BCUT2D eigenvalue weighted by Gasteiger charge is 2.22. The Morgan fingerprint density at radius 3 is 2.65 bits per heavy atom. The average Bonchev–Trinajstić information content (AvgIpc) is 2.72. The van der Waals surface area contributed by atoms with Gasteiger partial charge < -0.3 is 20.5 Å². The van der Waals surface area contributed by atoms with E-state index in [-0.39, 0.29) is 11.9 Å². The Bertz CT molecular complexity index is 405. The molecule has 5 nitrogen and oxygen atoms in total. The number of hydrogen-bond acceptors (Lipinski definition) is 3. The Morgan fingerprint density at radius 1 is 1.41 bits per heavy atom. The lowest BCUT2D eigenvalue weighted by Gasteiger charge is -2.28. The van der Waals surface area contributed by atoms with Crippen LogP contribution in [-0.4, -0.2) is 41.6 Å². The van der Waals surface area contributed by atoms with Crippen LogP contribution in [0.1, 0.15) is 30.4 Å². The van der Waals surface area contributed by atoms with Gasteiger partial charge in [0.05, 0.1) is 5.69 Å². The van der Waals surface area contributed by atoms with Gasteiger partial charge in [-0.1, -0.05) is 0 Å². The molecular formula is C12H20N4O. The number of amides is 1.